The average molecular weight is 294 g/mol. The second-order valence-corrected chi connectivity index (χ2v) is 7.27. The van der Waals surface area contributed by atoms with Crippen molar-refractivity contribution in [3.05, 3.63) is 0 Å². The van der Waals surface area contributed by atoms with Crippen LogP contribution in [0.2, 0.25) is 0 Å². The smallest absolute Gasteiger partial charge is 0.147 e. The maximum absolute atomic E-state index is 12.1. The van der Waals surface area contributed by atoms with Gasteiger partial charge in [0.25, 0.3) is 0 Å². The minimum absolute atomic E-state index is 0.160. The van der Waals surface area contributed by atoms with Gasteiger partial charge in [-0.2, -0.15) is 0 Å². The van der Waals surface area contributed by atoms with Crippen molar-refractivity contribution < 1.29 is 23.8 Å². The number of Topliss-reactive ketones (excluding diaryl/α,β-unsaturated/α-hetero) is 2. The standard InChI is InChI=1S/C16H22O5/c1-15-6-9(17)7-16(15,21-8-20-4-3-19-2)14-12-10(15)5-11(18)13(12)14/h10,12-14H,3-8H2,1-2H3. The highest BCUT2D eigenvalue weighted by atomic mass is 16.7. The maximum atomic E-state index is 12.1. The quantitative estimate of drug-likeness (QED) is 0.544. The Hall–Kier alpha value is -0.780. The predicted molar refractivity (Wildman–Crippen MR) is 72.4 cm³/mol. The van der Waals surface area contributed by atoms with E-state index in [1.165, 1.54) is 0 Å². The number of methoxy groups -OCH3 is 1. The number of rotatable bonds is 6. The fraction of sp³-hybridized carbons (Fsp3) is 0.875. The van der Waals surface area contributed by atoms with Crippen molar-refractivity contribution in [2.45, 2.75) is 31.8 Å². The summed E-state index contributed by atoms with van der Waals surface area (Å²) in [6.45, 7) is 3.35. The minimum Gasteiger partial charge on any atom is -0.382 e. The SMILES string of the molecule is COCCOCOC12CC(=O)CC1(C)C1CC(=O)C3C1C32. The summed E-state index contributed by atoms with van der Waals surface area (Å²) in [6, 6.07) is 0. The highest BCUT2D eigenvalue weighted by Gasteiger charge is 2.85. The van der Waals surface area contributed by atoms with Gasteiger partial charge in [0.1, 0.15) is 18.4 Å². The summed E-state index contributed by atoms with van der Waals surface area (Å²) in [6.07, 6.45) is 1.66. The van der Waals surface area contributed by atoms with E-state index in [9.17, 15) is 9.59 Å². The summed E-state index contributed by atoms with van der Waals surface area (Å²) in [5.41, 5.74) is -0.629. The third kappa shape index (κ3) is 1.57. The molecule has 21 heavy (non-hydrogen) atoms. The molecular weight excluding hydrogens is 272 g/mol. The van der Waals surface area contributed by atoms with Gasteiger partial charge in [-0.15, -0.1) is 0 Å². The molecular formula is C16H22O5. The summed E-state index contributed by atoms with van der Waals surface area (Å²) in [4.78, 5) is 24.2. The molecule has 4 aliphatic carbocycles. The molecule has 0 aromatic heterocycles. The Morgan fingerprint density at radius 1 is 1.24 bits per heavy atom. The van der Waals surface area contributed by atoms with Crippen LogP contribution in [0.5, 0.6) is 0 Å². The Kier molecular flexibility index (Phi) is 2.88. The Morgan fingerprint density at radius 3 is 2.81 bits per heavy atom. The predicted octanol–water partition coefficient (Wildman–Crippen LogP) is 1.20. The van der Waals surface area contributed by atoms with E-state index < -0.39 is 5.60 Å². The molecule has 0 N–H and O–H groups in total. The van der Waals surface area contributed by atoms with E-state index in [1.807, 2.05) is 0 Å². The average Bonchev–Trinajstić information content (AvgIpc) is 2.94. The molecule has 4 aliphatic rings. The summed E-state index contributed by atoms with van der Waals surface area (Å²) < 4.78 is 16.6. The van der Waals surface area contributed by atoms with Crippen LogP contribution >= 0.6 is 0 Å². The largest absolute Gasteiger partial charge is 0.382 e. The third-order valence-electron chi connectivity index (χ3n) is 6.51. The molecule has 0 saturated heterocycles. The Labute approximate surface area is 124 Å². The Morgan fingerprint density at radius 2 is 2.05 bits per heavy atom. The summed E-state index contributed by atoms with van der Waals surface area (Å²) in [5.74, 6) is 1.89. The first-order valence-electron chi connectivity index (χ1n) is 7.80. The van der Waals surface area contributed by atoms with Gasteiger partial charge in [-0.25, -0.2) is 0 Å². The number of hydrogen-bond acceptors (Lipinski definition) is 5. The Balaban J connectivity index is 1.54. The van der Waals surface area contributed by atoms with Crippen LogP contribution in [0.1, 0.15) is 26.2 Å². The van der Waals surface area contributed by atoms with Gasteiger partial charge in [0.2, 0.25) is 0 Å². The fourth-order valence-corrected chi connectivity index (χ4v) is 5.71. The van der Waals surface area contributed by atoms with E-state index in [0.717, 1.165) is 0 Å². The van der Waals surface area contributed by atoms with Crippen molar-refractivity contribution in [2.75, 3.05) is 27.1 Å². The van der Waals surface area contributed by atoms with E-state index in [4.69, 9.17) is 14.2 Å². The van der Waals surface area contributed by atoms with Crippen molar-refractivity contribution in [3.8, 4) is 0 Å². The Bertz CT molecular complexity index is 503. The highest BCUT2D eigenvalue weighted by molar-refractivity contribution is 5.92. The molecule has 5 nitrogen and oxygen atoms in total. The summed E-state index contributed by atoms with van der Waals surface area (Å²) in [7, 11) is 1.63. The van der Waals surface area contributed by atoms with E-state index in [1.54, 1.807) is 7.11 Å². The van der Waals surface area contributed by atoms with Gasteiger partial charge in [-0.3, -0.25) is 9.59 Å². The van der Waals surface area contributed by atoms with E-state index in [2.05, 4.69) is 6.92 Å². The van der Waals surface area contributed by atoms with Crippen LogP contribution in [0.15, 0.2) is 0 Å². The number of carbonyl (C=O) groups excluding carboxylic acids is 2. The zero-order valence-corrected chi connectivity index (χ0v) is 12.6. The highest BCUT2D eigenvalue weighted by Crippen LogP contribution is 2.80. The van der Waals surface area contributed by atoms with Crippen LogP contribution in [0.4, 0.5) is 0 Å². The molecule has 0 aromatic carbocycles. The fourth-order valence-electron chi connectivity index (χ4n) is 5.71. The molecule has 0 radical (unpaired) electrons. The molecule has 4 rings (SSSR count). The molecule has 116 valence electrons. The van der Waals surface area contributed by atoms with Gasteiger partial charge in [0.15, 0.2) is 0 Å². The zero-order valence-electron chi connectivity index (χ0n) is 12.6. The normalized spacial score (nSPS) is 49.6. The van der Waals surface area contributed by atoms with E-state index in [-0.39, 0.29) is 29.8 Å². The maximum Gasteiger partial charge on any atom is 0.147 e. The van der Waals surface area contributed by atoms with Crippen molar-refractivity contribution in [1.29, 1.82) is 0 Å². The van der Waals surface area contributed by atoms with Gasteiger partial charge < -0.3 is 14.2 Å². The van der Waals surface area contributed by atoms with Crippen LogP contribution in [0, 0.1) is 29.1 Å². The summed E-state index contributed by atoms with van der Waals surface area (Å²) >= 11 is 0. The number of fused-ring (bicyclic) bond motifs is 4. The van der Waals surface area contributed by atoms with Crippen LogP contribution < -0.4 is 0 Å². The first-order chi connectivity index (χ1) is 10.0. The topological polar surface area (TPSA) is 61.8 Å². The van der Waals surface area contributed by atoms with Crippen molar-refractivity contribution in [1.82, 2.24) is 0 Å². The number of carbonyl (C=O) groups is 2. The molecule has 0 aliphatic heterocycles. The van der Waals surface area contributed by atoms with Crippen LogP contribution in [0.3, 0.4) is 0 Å². The lowest BCUT2D eigenvalue weighted by molar-refractivity contribution is -0.190. The van der Waals surface area contributed by atoms with Gasteiger partial charge in [0.05, 0.1) is 18.8 Å². The molecule has 0 heterocycles. The molecule has 0 spiro atoms. The molecule has 0 bridgehead atoms. The molecule has 6 atom stereocenters. The van der Waals surface area contributed by atoms with Crippen molar-refractivity contribution >= 4 is 11.6 Å². The zero-order chi connectivity index (χ0) is 14.8. The molecule has 0 amide bonds. The number of ketones is 2. The minimum atomic E-state index is -0.455. The van der Waals surface area contributed by atoms with Gasteiger partial charge in [-0.1, -0.05) is 6.92 Å². The van der Waals surface area contributed by atoms with E-state index >= 15 is 0 Å². The lowest BCUT2D eigenvalue weighted by Gasteiger charge is -2.41. The summed E-state index contributed by atoms with van der Waals surface area (Å²) in [5, 5.41) is 0. The van der Waals surface area contributed by atoms with Crippen LogP contribution in [-0.2, 0) is 23.8 Å². The molecule has 6 unspecified atom stereocenters. The van der Waals surface area contributed by atoms with Gasteiger partial charge >= 0.3 is 0 Å². The lowest BCUT2D eigenvalue weighted by atomic mass is 9.70. The first kappa shape index (κ1) is 13.9. The number of ether oxygens (including phenoxy) is 3. The molecule has 4 saturated carbocycles. The monoisotopic (exact) mass is 294 g/mol. The van der Waals surface area contributed by atoms with Crippen LogP contribution in [-0.4, -0.2) is 44.3 Å². The lowest BCUT2D eigenvalue weighted by Crippen LogP contribution is -2.46. The van der Waals surface area contributed by atoms with Crippen molar-refractivity contribution in [3.63, 3.8) is 0 Å². The second-order valence-electron chi connectivity index (χ2n) is 7.27. The third-order valence-corrected chi connectivity index (χ3v) is 6.51. The molecule has 4 fully saturated rings. The second kappa shape index (κ2) is 4.37. The van der Waals surface area contributed by atoms with Crippen molar-refractivity contribution in [2.24, 2.45) is 29.1 Å². The van der Waals surface area contributed by atoms with Crippen LogP contribution in [0.25, 0.3) is 0 Å². The molecule has 0 aromatic rings. The van der Waals surface area contributed by atoms with Gasteiger partial charge in [0, 0.05) is 43.6 Å². The number of hydrogen-bond donors (Lipinski definition) is 0. The molecule has 5 heteroatoms. The first-order valence-corrected chi connectivity index (χ1v) is 7.80. The van der Waals surface area contributed by atoms with E-state index in [0.29, 0.717) is 50.1 Å². The van der Waals surface area contributed by atoms with Gasteiger partial charge in [-0.05, 0) is 11.8 Å².